The van der Waals surface area contributed by atoms with Gasteiger partial charge in [0.15, 0.2) is 0 Å². The lowest BCUT2D eigenvalue weighted by atomic mass is 10.0. The van der Waals surface area contributed by atoms with E-state index in [1.54, 1.807) is 0 Å². The molecule has 0 aromatic rings. The molecule has 0 rings (SSSR count). The zero-order chi connectivity index (χ0) is 25.3. The van der Waals surface area contributed by atoms with Gasteiger partial charge in [0, 0.05) is 13.0 Å². The Labute approximate surface area is 213 Å². The minimum absolute atomic E-state index is 0.0130. The monoisotopic (exact) mass is 480 g/mol. The number of rotatable bonds is 25. The third kappa shape index (κ3) is 22.7. The van der Waals surface area contributed by atoms with E-state index in [0.717, 1.165) is 19.3 Å². The smallest absolute Gasteiger partial charge is 0.242 e. The van der Waals surface area contributed by atoms with E-state index in [9.17, 15) is 9.59 Å². The molecule has 0 aliphatic heterocycles. The fraction of sp³-hybridized carbons (Fsp3) is 0.933. The lowest BCUT2D eigenvalue weighted by Crippen LogP contribution is -2.47. The highest BCUT2D eigenvalue weighted by atomic mass is 16.2. The second-order valence-electron chi connectivity index (χ2n) is 10.8. The van der Waals surface area contributed by atoms with E-state index in [1.807, 2.05) is 0 Å². The summed E-state index contributed by atoms with van der Waals surface area (Å²) < 4.78 is 0. The van der Waals surface area contributed by atoms with Gasteiger partial charge in [-0.1, -0.05) is 137 Å². The van der Waals surface area contributed by atoms with Crippen LogP contribution in [-0.4, -0.2) is 24.4 Å². The van der Waals surface area contributed by atoms with Crippen molar-refractivity contribution in [1.29, 1.82) is 0 Å². The summed E-state index contributed by atoms with van der Waals surface area (Å²) in [6.45, 7) is 9.42. The van der Waals surface area contributed by atoms with Crippen LogP contribution in [0.15, 0.2) is 0 Å². The predicted molar refractivity (Wildman–Crippen MR) is 148 cm³/mol. The largest absolute Gasteiger partial charge is 0.354 e. The number of carbonyl (C=O) groups excluding carboxylic acids is 2. The Morgan fingerprint density at radius 3 is 1.44 bits per heavy atom. The summed E-state index contributed by atoms with van der Waals surface area (Å²) in [6.07, 6.45) is 25.5. The topological polar surface area (TPSA) is 58.2 Å². The molecule has 0 spiro atoms. The molecule has 0 bridgehead atoms. The SMILES string of the molecule is CCCCCCCCCCCCCCCC(=O)N[C@@H](CC(C)C)C(=O)NCCCCCCCC. The van der Waals surface area contributed by atoms with Crippen LogP contribution >= 0.6 is 0 Å². The molecule has 2 amide bonds. The van der Waals surface area contributed by atoms with Gasteiger partial charge in [0.2, 0.25) is 11.8 Å². The Bertz CT molecular complexity index is 465. The first-order valence-corrected chi connectivity index (χ1v) is 15.1. The molecule has 4 heteroatoms. The van der Waals surface area contributed by atoms with E-state index >= 15 is 0 Å². The van der Waals surface area contributed by atoms with Gasteiger partial charge >= 0.3 is 0 Å². The number of amides is 2. The number of carbonyl (C=O) groups is 2. The number of unbranched alkanes of at least 4 members (excludes halogenated alkanes) is 17. The van der Waals surface area contributed by atoms with Crippen LogP contribution in [-0.2, 0) is 9.59 Å². The summed E-state index contributed by atoms with van der Waals surface area (Å²) in [5, 5.41) is 6.06. The fourth-order valence-electron chi connectivity index (χ4n) is 4.51. The van der Waals surface area contributed by atoms with Crippen molar-refractivity contribution < 1.29 is 9.59 Å². The Balaban J connectivity index is 3.82. The maximum absolute atomic E-state index is 12.6. The Hall–Kier alpha value is -1.06. The molecule has 202 valence electrons. The average Bonchev–Trinajstić information content (AvgIpc) is 2.80. The average molecular weight is 481 g/mol. The van der Waals surface area contributed by atoms with Crippen molar-refractivity contribution in [2.45, 2.75) is 169 Å². The Morgan fingerprint density at radius 1 is 0.588 bits per heavy atom. The van der Waals surface area contributed by atoms with Crippen LogP contribution in [0.3, 0.4) is 0 Å². The first kappa shape index (κ1) is 32.9. The van der Waals surface area contributed by atoms with Gasteiger partial charge in [-0.3, -0.25) is 9.59 Å². The fourth-order valence-corrected chi connectivity index (χ4v) is 4.51. The molecule has 0 heterocycles. The number of nitrogens with one attached hydrogen (secondary N) is 2. The summed E-state index contributed by atoms with van der Waals surface area (Å²) in [5.74, 6) is 0.394. The van der Waals surface area contributed by atoms with Gasteiger partial charge in [-0.05, 0) is 25.2 Å². The molecule has 0 aromatic carbocycles. The Kier molecular flexibility index (Phi) is 24.3. The summed E-state index contributed by atoms with van der Waals surface area (Å²) in [5.41, 5.74) is 0. The van der Waals surface area contributed by atoms with Gasteiger partial charge in [0.05, 0.1) is 0 Å². The van der Waals surface area contributed by atoms with E-state index in [0.29, 0.717) is 25.3 Å². The molecule has 0 saturated carbocycles. The maximum Gasteiger partial charge on any atom is 0.242 e. The van der Waals surface area contributed by atoms with Gasteiger partial charge in [0.25, 0.3) is 0 Å². The highest BCUT2D eigenvalue weighted by molar-refractivity contribution is 5.87. The molecular weight excluding hydrogens is 420 g/mol. The maximum atomic E-state index is 12.6. The standard InChI is InChI=1S/C30H60N2O2/c1-5-7-9-11-13-14-15-16-17-18-19-20-22-24-29(33)32-28(26-27(3)4)30(34)31-25-23-21-12-10-8-6-2/h27-28H,5-26H2,1-4H3,(H,31,34)(H,32,33)/t28-/m0/s1. The highest BCUT2D eigenvalue weighted by Crippen LogP contribution is 2.13. The third-order valence-electron chi connectivity index (χ3n) is 6.70. The van der Waals surface area contributed by atoms with Crippen LogP contribution < -0.4 is 10.6 Å². The van der Waals surface area contributed by atoms with Gasteiger partial charge in [0.1, 0.15) is 6.04 Å². The molecule has 4 nitrogen and oxygen atoms in total. The van der Waals surface area contributed by atoms with Crippen molar-refractivity contribution in [2.24, 2.45) is 5.92 Å². The van der Waals surface area contributed by atoms with Crippen molar-refractivity contribution in [3.05, 3.63) is 0 Å². The molecule has 1 atom stereocenters. The van der Waals surface area contributed by atoms with Crippen LogP contribution in [0, 0.1) is 5.92 Å². The first-order chi connectivity index (χ1) is 16.5. The normalized spacial score (nSPS) is 12.1. The van der Waals surface area contributed by atoms with Crippen molar-refractivity contribution in [1.82, 2.24) is 10.6 Å². The molecule has 0 aliphatic rings. The molecule has 0 aliphatic carbocycles. The van der Waals surface area contributed by atoms with Crippen LogP contribution in [0.5, 0.6) is 0 Å². The lowest BCUT2D eigenvalue weighted by molar-refractivity contribution is -0.129. The van der Waals surface area contributed by atoms with E-state index in [2.05, 4.69) is 38.3 Å². The zero-order valence-corrected chi connectivity index (χ0v) is 23.5. The number of hydrogen-bond acceptors (Lipinski definition) is 2. The van der Waals surface area contributed by atoms with Crippen molar-refractivity contribution >= 4 is 11.8 Å². The van der Waals surface area contributed by atoms with Crippen LogP contribution in [0.2, 0.25) is 0 Å². The molecule has 0 unspecified atom stereocenters. The molecular formula is C30H60N2O2. The second-order valence-corrected chi connectivity index (χ2v) is 10.8. The molecule has 2 N–H and O–H groups in total. The lowest BCUT2D eigenvalue weighted by Gasteiger charge is -2.20. The van der Waals surface area contributed by atoms with E-state index < -0.39 is 6.04 Å². The van der Waals surface area contributed by atoms with Crippen molar-refractivity contribution in [3.63, 3.8) is 0 Å². The van der Waals surface area contributed by atoms with Gasteiger partial charge in [-0.25, -0.2) is 0 Å². The molecule has 0 saturated heterocycles. The predicted octanol–water partition coefficient (Wildman–Crippen LogP) is 8.48. The highest BCUT2D eigenvalue weighted by Gasteiger charge is 2.21. The van der Waals surface area contributed by atoms with Crippen molar-refractivity contribution in [2.75, 3.05) is 6.54 Å². The van der Waals surface area contributed by atoms with Crippen LogP contribution in [0.4, 0.5) is 0 Å². The molecule has 34 heavy (non-hydrogen) atoms. The van der Waals surface area contributed by atoms with E-state index in [-0.39, 0.29) is 11.8 Å². The third-order valence-corrected chi connectivity index (χ3v) is 6.70. The minimum atomic E-state index is -0.394. The quantitative estimate of drug-likeness (QED) is 0.129. The van der Waals surface area contributed by atoms with Crippen molar-refractivity contribution in [3.8, 4) is 0 Å². The molecule has 0 radical (unpaired) electrons. The zero-order valence-electron chi connectivity index (χ0n) is 23.5. The van der Waals surface area contributed by atoms with E-state index in [1.165, 1.54) is 103 Å². The molecule has 0 fully saturated rings. The Morgan fingerprint density at radius 2 is 1.00 bits per heavy atom. The first-order valence-electron chi connectivity index (χ1n) is 15.1. The second kappa shape index (κ2) is 25.0. The van der Waals surface area contributed by atoms with Gasteiger partial charge in [-0.2, -0.15) is 0 Å². The summed E-state index contributed by atoms with van der Waals surface area (Å²) in [4.78, 5) is 25.0. The van der Waals surface area contributed by atoms with Gasteiger partial charge in [-0.15, -0.1) is 0 Å². The summed E-state index contributed by atoms with van der Waals surface area (Å²) >= 11 is 0. The van der Waals surface area contributed by atoms with E-state index in [4.69, 9.17) is 0 Å². The van der Waals surface area contributed by atoms with Crippen LogP contribution in [0.1, 0.15) is 163 Å². The molecule has 0 aromatic heterocycles. The summed E-state index contributed by atoms with van der Waals surface area (Å²) in [6, 6.07) is -0.394. The van der Waals surface area contributed by atoms with Gasteiger partial charge < -0.3 is 10.6 Å². The van der Waals surface area contributed by atoms with Crippen LogP contribution in [0.25, 0.3) is 0 Å². The number of hydrogen-bond donors (Lipinski definition) is 2. The minimum Gasteiger partial charge on any atom is -0.354 e. The summed E-state index contributed by atoms with van der Waals surface area (Å²) in [7, 11) is 0.